The third-order valence-electron chi connectivity index (χ3n) is 2.99. The van der Waals surface area contributed by atoms with Crippen molar-refractivity contribution < 1.29 is 30.7 Å². The van der Waals surface area contributed by atoms with Gasteiger partial charge in [-0.3, -0.25) is 14.3 Å². The summed E-state index contributed by atoms with van der Waals surface area (Å²) in [7, 11) is -4.65. The van der Waals surface area contributed by atoms with Gasteiger partial charge in [0.2, 0.25) is 0 Å². The normalized spacial score (nSPS) is 12.1. The van der Waals surface area contributed by atoms with E-state index >= 15 is 0 Å². The second kappa shape index (κ2) is 6.57. The maximum absolute atomic E-state index is 12.9. The average Bonchev–Trinajstić information content (AvgIpc) is 2.52. The van der Waals surface area contributed by atoms with Crippen molar-refractivity contribution in [2.24, 2.45) is 0 Å². The fourth-order valence-electron chi connectivity index (χ4n) is 1.84. The standard InChI is InChI=1S/C14H10F3NO5S/c15-14(16,17)12-3-1-2-4-13(12)24(21,22)23-9-10-5-7-11(8-6-10)18(19)20/h1-8H,9H2. The van der Waals surface area contributed by atoms with Crippen LogP contribution in [0.4, 0.5) is 18.9 Å². The molecule has 2 aromatic carbocycles. The number of non-ortho nitro benzene ring substituents is 1. The molecule has 0 aliphatic heterocycles. The zero-order valence-electron chi connectivity index (χ0n) is 11.9. The molecule has 0 heterocycles. The molecule has 0 atom stereocenters. The second-order valence-corrected chi connectivity index (χ2v) is 6.22. The molecule has 0 fully saturated rings. The van der Waals surface area contributed by atoms with Gasteiger partial charge in [0.05, 0.1) is 17.1 Å². The van der Waals surface area contributed by atoms with E-state index in [0.29, 0.717) is 6.07 Å². The number of nitro benzene ring substituents is 1. The van der Waals surface area contributed by atoms with Gasteiger partial charge in [-0.25, -0.2) is 0 Å². The highest BCUT2D eigenvalue weighted by Crippen LogP contribution is 2.34. The molecule has 0 bridgehead atoms. The number of nitrogens with zero attached hydrogens (tertiary/aromatic N) is 1. The van der Waals surface area contributed by atoms with Crippen LogP contribution in [0.3, 0.4) is 0 Å². The molecule has 128 valence electrons. The van der Waals surface area contributed by atoms with Crippen molar-refractivity contribution in [3.05, 3.63) is 69.8 Å². The lowest BCUT2D eigenvalue weighted by Gasteiger charge is -2.13. The van der Waals surface area contributed by atoms with E-state index < -0.39 is 38.3 Å². The first-order valence-corrected chi connectivity index (χ1v) is 7.81. The molecule has 0 N–H and O–H groups in total. The number of alkyl halides is 3. The first kappa shape index (κ1) is 17.9. The monoisotopic (exact) mass is 361 g/mol. The van der Waals surface area contributed by atoms with Gasteiger partial charge in [0, 0.05) is 12.1 Å². The molecule has 10 heteroatoms. The Morgan fingerprint density at radius 3 is 2.17 bits per heavy atom. The van der Waals surface area contributed by atoms with Crippen LogP contribution < -0.4 is 0 Å². The predicted molar refractivity (Wildman–Crippen MR) is 76.5 cm³/mol. The molecule has 2 aromatic rings. The van der Waals surface area contributed by atoms with Crippen LogP contribution in [0.25, 0.3) is 0 Å². The van der Waals surface area contributed by atoms with Crippen molar-refractivity contribution in [3.63, 3.8) is 0 Å². The first-order valence-electron chi connectivity index (χ1n) is 6.40. The first-order chi connectivity index (χ1) is 11.1. The zero-order valence-corrected chi connectivity index (χ0v) is 12.7. The smallest absolute Gasteiger partial charge is 0.262 e. The van der Waals surface area contributed by atoms with Gasteiger partial charge in [0.25, 0.3) is 15.8 Å². The molecular weight excluding hydrogens is 351 g/mol. The summed E-state index contributed by atoms with van der Waals surface area (Å²) < 4.78 is 67.3. The lowest BCUT2D eigenvalue weighted by atomic mass is 10.2. The molecule has 24 heavy (non-hydrogen) atoms. The molecule has 0 unspecified atom stereocenters. The van der Waals surface area contributed by atoms with Gasteiger partial charge < -0.3 is 0 Å². The van der Waals surface area contributed by atoms with Gasteiger partial charge in [-0.1, -0.05) is 12.1 Å². The summed E-state index contributed by atoms with van der Waals surface area (Å²) in [6, 6.07) is 8.43. The molecule has 0 aliphatic rings. The van der Waals surface area contributed by atoms with Crippen LogP contribution in [0.2, 0.25) is 0 Å². The van der Waals surface area contributed by atoms with Crippen molar-refractivity contribution in [2.45, 2.75) is 17.7 Å². The number of rotatable bonds is 5. The van der Waals surface area contributed by atoms with E-state index in [1.807, 2.05) is 0 Å². The van der Waals surface area contributed by atoms with E-state index in [0.717, 1.165) is 30.3 Å². The van der Waals surface area contributed by atoms with E-state index in [1.54, 1.807) is 0 Å². The van der Waals surface area contributed by atoms with Crippen LogP contribution in [0.1, 0.15) is 11.1 Å². The topological polar surface area (TPSA) is 86.5 Å². The average molecular weight is 361 g/mol. The van der Waals surface area contributed by atoms with Gasteiger partial charge >= 0.3 is 6.18 Å². The molecule has 0 aromatic heterocycles. The van der Waals surface area contributed by atoms with E-state index in [-0.39, 0.29) is 11.3 Å². The summed E-state index contributed by atoms with van der Waals surface area (Å²) in [6.45, 7) is -0.549. The maximum Gasteiger partial charge on any atom is 0.417 e. The number of benzene rings is 2. The molecule has 6 nitrogen and oxygen atoms in total. The Balaban J connectivity index is 2.22. The molecule has 0 saturated heterocycles. The lowest BCUT2D eigenvalue weighted by molar-refractivity contribution is -0.384. The van der Waals surface area contributed by atoms with Crippen LogP contribution in [-0.4, -0.2) is 13.3 Å². The van der Waals surface area contributed by atoms with Crippen molar-refractivity contribution >= 4 is 15.8 Å². The van der Waals surface area contributed by atoms with Crippen molar-refractivity contribution in [2.75, 3.05) is 0 Å². The molecule has 0 spiro atoms. The molecule has 0 saturated carbocycles. The number of halogens is 3. The fourth-order valence-corrected chi connectivity index (χ4v) is 2.96. The Morgan fingerprint density at radius 1 is 1.04 bits per heavy atom. The highest BCUT2D eigenvalue weighted by Gasteiger charge is 2.37. The fraction of sp³-hybridized carbons (Fsp3) is 0.143. The lowest BCUT2D eigenvalue weighted by Crippen LogP contribution is -2.15. The molecule has 0 aliphatic carbocycles. The van der Waals surface area contributed by atoms with E-state index in [1.165, 1.54) is 12.1 Å². The number of hydrogen-bond donors (Lipinski definition) is 0. The summed E-state index contributed by atoms with van der Waals surface area (Å²) in [5, 5.41) is 10.5. The van der Waals surface area contributed by atoms with Crippen molar-refractivity contribution in [3.8, 4) is 0 Å². The highest BCUT2D eigenvalue weighted by atomic mass is 32.2. The van der Waals surface area contributed by atoms with E-state index in [4.69, 9.17) is 0 Å². The van der Waals surface area contributed by atoms with Crippen LogP contribution in [0, 0.1) is 10.1 Å². The minimum absolute atomic E-state index is 0.205. The summed E-state index contributed by atoms with van der Waals surface area (Å²) in [6.07, 6.45) is -4.85. The molecule has 0 radical (unpaired) electrons. The molecule has 2 rings (SSSR count). The Bertz CT molecular complexity index is 847. The minimum atomic E-state index is -4.85. The van der Waals surface area contributed by atoms with Crippen molar-refractivity contribution in [1.82, 2.24) is 0 Å². The Morgan fingerprint density at radius 2 is 1.62 bits per heavy atom. The second-order valence-electron chi connectivity index (χ2n) is 4.63. The van der Waals surface area contributed by atoms with E-state index in [9.17, 15) is 31.7 Å². The third kappa shape index (κ3) is 4.09. The summed E-state index contributed by atoms with van der Waals surface area (Å²) in [5.41, 5.74) is -1.27. The Hall–Kier alpha value is -2.46. The summed E-state index contributed by atoms with van der Waals surface area (Å²) in [5.74, 6) is 0. The van der Waals surface area contributed by atoms with E-state index in [2.05, 4.69) is 4.18 Å². The molecule has 0 amide bonds. The molecular formula is C14H10F3NO5S. The van der Waals surface area contributed by atoms with Crippen LogP contribution >= 0.6 is 0 Å². The van der Waals surface area contributed by atoms with Gasteiger partial charge in [-0.2, -0.15) is 21.6 Å². The Labute approximate surface area is 134 Å². The van der Waals surface area contributed by atoms with Gasteiger partial charge in [-0.05, 0) is 29.8 Å². The minimum Gasteiger partial charge on any atom is -0.262 e. The van der Waals surface area contributed by atoms with Crippen LogP contribution in [-0.2, 0) is 27.1 Å². The number of hydrogen-bond acceptors (Lipinski definition) is 5. The van der Waals surface area contributed by atoms with Crippen molar-refractivity contribution in [1.29, 1.82) is 0 Å². The maximum atomic E-state index is 12.9. The summed E-state index contributed by atoms with van der Waals surface area (Å²) >= 11 is 0. The zero-order chi connectivity index (χ0) is 18.0. The Kier molecular flexibility index (Phi) is 4.90. The number of nitro groups is 1. The van der Waals surface area contributed by atoms with Gasteiger partial charge in [0.1, 0.15) is 4.90 Å². The third-order valence-corrected chi connectivity index (χ3v) is 4.31. The highest BCUT2D eigenvalue weighted by molar-refractivity contribution is 7.86. The predicted octanol–water partition coefficient (Wildman–Crippen LogP) is 3.52. The van der Waals surface area contributed by atoms with Gasteiger partial charge in [-0.15, -0.1) is 0 Å². The van der Waals surface area contributed by atoms with Crippen LogP contribution in [0.5, 0.6) is 0 Å². The SMILES string of the molecule is O=[N+]([O-])c1ccc(COS(=O)(=O)c2ccccc2C(F)(F)F)cc1. The quantitative estimate of drug-likeness (QED) is 0.462. The van der Waals surface area contributed by atoms with Gasteiger partial charge in [0.15, 0.2) is 0 Å². The van der Waals surface area contributed by atoms with Crippen LogP contribution in [0.15, 0.2) is 53.4 Å². The largest absolute Gasteiger partial charge is 0.417 e. The summed E-state index contributed by atoms with van der Waals surface area (Å²) in [4.78, 5) is 8.89.